The maximum atomic E-state index is 13.2. The summed E-state index contributed by atoms with van der Waals surface area (Å²) in [5.74, 6) is -0.493. The second kappa shape index (κ2) is 8.20. The molecule has 6 heteroatoms. The smallest absolute Gasteiger partial charge is 0.243 e. The zero-order valence-electron chi connectivity index (χ0n) is 17.3. The first-order valence-electron chi connectivity index (χ1n) is 10.2. The number of benzene rings is 3. The molecule has 156 valence electrons. The van der Waals surface area contributed by atoms with Crippen molar-refractivity contribution < 1.29 is 13.2 Å². The molecule has 1 amide bonds. The number of hydrogen-bond acceptors (Lipinski definition) is 3. The molecule has 0 saturated carbocycles. The largest absolute Gasteiger partial charge is 0.326 e. The average molecular weight is 423 g/mol. The molecule has 30 heavy (non-hydrogen) atoms. The van der Waals surface area contributed by atoms with Crippen molar-refractivity contribution in [2.24, 2.45) is 5.92 Å². The predicted octanol–water partition coefficient (Wildman–Crippen LogP) is 4.50. The fourth-order valence-corrected chi connectivity index (χ4v) is 5.47. The van der Waals surface area contributed by atoms with E-state index in [2.05, 4.69) is 5.32 Å². The molecule has 1 fully saturated rings. The van der Waals surface area contributed by atoms with Gasteiger partial charge in [-0.15, -0.1) is 0 Å². The predicted molar refractivity (Wildman–Crippen MR) is 120 cm³/mol. The molecule has 1 aliphatic heterocycles. The molecule has 1 heterocycles. The summed E-state index contributed by atoms with van der Waals surface area (Å²) in [5, 5.41) is 4.84. The Balaban J connectivity index is 1.51. The van der Waals surface area contributed by atoms with Crippen LogP contribution in [0.1, 0.15) is 24.0 Å². The minimum atomic E-state index is -3.65. The van der Waals surface area contributed by atoms with Gasteiger partial charge >= 0.3 is 0 Å². The second-order valence-electron chi connectivity index (χ2n) is 8.00. The van der Waals surface area contributed by atoms with Crippen molar-refractivity contribution in [2.45, 2.75) is 31.6 Å². The van der Waals surface area contributed by atoms with Gasteiger partial charge < -0.3 is 5.32 Å². The van der Waals surface area contributed by atoms with Crippen molar-refractivity contribution >= 4 is 32.4 Å². The van der Waals surface area contributed by atoms with Crippen LogP contribution in [0.5, 0.6) is 0 Å². The zero-order chi connectivity index (χ0) is 21.3. The van der Waals surface area contributed by atoms with Crippen LogP contribution in [0.25, 0.3) is 10.8 Å². The molecule has 0 spiro atoms. The Labute approximate surface area is 177 Å². The monoisotopic (exact) mass is 422 g/mol. The van der Waals surface area contributed by atoms with Gasteiger partial charge in [0.25, 0.3) is 0 Å². The lowest BCUT2D eigenvalue weighted by Crippen LogP contribution is -2.43. The Hall–Kier alpha value is -2.70. The fraction of sp³-hybridized carbons (Fsp3) is 0.292. The van der Waals surface area contributed by atoms with E-state index in [0.717, 1.165) is 22.0 Å². The molecule has 1 aliphatic rings. The van der Waals surface area contributed by atoms with Crippen molar-refractivity contribution in [3.8, 4) is 0 Å². The average Bonchev–Trinajstić information content (AvgIpc) is 2.76. The zero-order valence-corrected chi connectivity index (χ0v) is 18.1. The topological polar surface area (TPSA) is 66.5 Å². The lowest BCUT2D eigenvalue weighted by atomic mass is 9.98. The summed E-state index contributed by atoms with van der Waals surface area (Å²) in [6.45, 7) is 4.66. The van der Waals surface area contributed by atoms with Crippen LogP contribution in [-0.4, -0.2) is 31.7 Å². The number of carbonyl (C=O) groups excluding carboxylic acids is 1. The number of anilines is 1. The molecule has 5 nitrogen and oxygen atoms in total. The number of amides is 1. The molecular weight excluding hydrogens is 396 g/mol. The highest BCUT2D eigenvalue weighted by Crippen LogP contribution is 2.27. The molecule has 0 aliphatic carbocycles. The molecule has 1 atom stereocenters. The fourth-order valence-electron chi connectivity index (χ4n) is 3.92. The van der Waals surface area contributed by atoms with Crippen LogP contribution in [0, 0.1) is 19.8 Å². The van der Waals surface area contributed by atoms with Crippen molar-refractivity contribution in [2.75, 3.05) is 18.4 Å². The van der Waals surface area contributed by atoms with Crippen molar-refractivity contribution in [1.29, 1.82) is 0 Å². The first-order valence-corrected chi connectivity index (χ1v) is 11.7. The maximum absolute atomic E-state index is 13.2. The Morgan fingerprint density at radius 3 is 2.50 bits per heavy atom. The van der Waals surface area contributed by atoms with Gasteiger partial charge in [-0.2, -0.15) is 4.31 Å². The third kappa shape index (κ3) is 4.11. The highest BCUT2D eigenvalue weighted by atomic mass is 32.2. The second-order valence-corrected chi connectivity index (χ2v) is 9.94. The summed E-state index contributed by atoms with van der Waals surface area (Å²) in [5.41, 5.74) is 3.02. The molecule has 3 aromatic rings. The maximum Gasteiger partial charge on any atom is 0.243 e. The van der Waals surface area contributed by atoms with Crippen molar-refractivity contribution in [1.82, 2.24) is 4.31 Å². The highest BCUT2D eigenvalue weighted by Gasteiger charge is 2.33. The van der Waals surface area contributed by atoms with Crippen molar-refractivity contribution in [3.63, 3.8) is 0 Å². The first kappa shape index (κ1) is 20.6. The van der Waals surface area contributed by atoms with Gasteiger partial charge in [0, 0.05) is 18.8 Å². The number of sulfonamides is 1. The molecule has 4 rings (SSSR count). The van der Waals surface area contributed by atoms with Crippen LogP contribution < -0.4 is 5.32 Å². The summed E-state index contributed by atoms with van der Waals surface area (Å²) < 4.78 is 27.9. The molecule has 0 radical (unpaired) electrons. The third-order valence-corrected chi connectivity index (χ3v) is 7.75. The number of nitrogens with one attached hydrogen (secondary N) is 1. The van der Waals surface area contributed by atoms with Crippen LogP contribution in [-0.2, 0) is 14.8 Å². The summed E-state index contributed by atoms with van der Waals surface area (Å²) in [7, 11) is -3.65. The normalized spacial score (nSPS) is 17.7. The van der Waals surface area contributed by atoms with E-state index in [1.54, 1.807) is 12.1 Å². The van der Waals surface area contributed by atoms with Crippen LogP contribution in [0.15, 0.2) is 65.6 Å². The van der Waals surface area contributed by atoms with Gasteiger partial charge in [0.2, 0.25) is 15.9 Å². The van der Waals surface area contributed by atoms with Gasteiger partial charge in [0.15, 0.2) is 0 Å². The number of fused-ring (bicyclic) bond motifs is 1. The van der Waals surface area contributed by atoms with E-state index in [0.29, 0.717) is 19.4 Å². The van der Waals surface area contributed by atoms with Crippen LogP contribution in [0.3, 0.4) is 0 Å². The number of aryl methyl sites for hydroxylation is 2. The third-order valence-electron chi connectivity index (χ3n) is 5.89. The molecular formula is C24H26N2O3S. The summed E-state index contributed by atoms with van der Waals surface area (Å²) >= 11 is 0. The molecule has 0 unspecified atom stereocenters. The van der Waals surface area contributed by atoms with Crippen LogP contribution in [0.2, 0.25) is 0 Å². The number of nitrogens with zero attached hydrogens (tertiary/aromatic N) is 1. The van der Waals surface area contributed by atoms with E-state index in [1.807, 2.05) is 62.4 Å². The number of carbonyl (C=O) groups is 1. The summed E-state index contributed by atoms with van der Waals surface area (Å²) in [4.78, 5) is 13.1. The van der Waals surface area contributed by atoms with Gasteiger partial charge in [-0.05, 0) is 72.9 Å². The Morgan fingerprint density at radius 2 is 1.73 bits per heavy atom. The van der Waals surface area contributed by atoms with Gasteiger partial charge in [-0.1, -0.05) is 36.4 Å². The van der Waals surface area contributed by atoms with Gasteiger partial charge in [-0.3, -0.25) is 4.79 Å². The first-order chi connectivity index (χ1) is 14.3. The standard InChI is InChI=1S/C24H26N2O3S/c1-17-9-11-22(14-18(17)2)25-24(27)21-8-5-13-26(16-21)30(28,29)23-12-10-19-6-3-4-7-20(19)15-23/h3-4,6-7,9-12,14-15,21H,5,8,13,16H2,1-2H3,(H,25,27)/t21-/m1/s1. The Kier molecular flexibility index (Phi) is 5.62. The minimum Gasteiger partial charge on any atom is -0.326 e. The summed E-state index contributed by atoms with van der Waals surface area (Å²) in [6.07, 6.45) is 1.35. The quantitative estimate of drug-likeness (QED) is 0.673. The minimum absolute atomic E-state index is 0.128. The highest BCUT2D eigenvalue weighted by molar-refractivity contribution is 7.89. The molecule has 0 aromatic heterocycles. The van der Waals surface area contributed by atoms with Crippen LogP contribution >= 0.6 is 0 Å². The molecule has 1 saturated heterocycles. The van der Waals surface area contributed by atoms with E-state index in [4.69, 9.17) is 0 Å². The Bertz CT molecular complexity index is 1200. The lowest BCUT2D eigenvalue weighted by molar-refractivity contribution is -0.120. The molecule has 3 aromatic carbocycles. The molecule has 0 bridgehead atoms. The Morgan fingerprint density at radius 1 is 0.967 bits per heavy atom. The van der Waals surface area contributed by atoms with Crippen molar-refractivity contribution in [3.05, 3.63) is 71.8 Å². The molecule has 1 N–H and O–H groups in total. The SMILES string of the molecule is Cc1ccc(NC(=O)[C@@H]2CCCN(S(=O)(=O)c3ccc4ccccc4c3)C2)cc1C. The van der Waals surface area contributed by atoms with E-state index >= 15 is 0 Å². The number of piperidine rings is 1. The lowest BCUT2D eigenvalue weighted by Gasteiger charge is -2.31. The van der Waals surface area contributed by atoms with Gasteiger partial charge in [-0.25, -0.2) is 8.42 Å². The number of rotatable bonds is 4. The summed E-state index contributed by atoms with van der Waals surface area (Å²) in [6, 6.07) is 18.7. The van der Waals surface area contributed by atoms with Crippen LogP contribution in [0.4, 0.5) is 5.69 Å². The van der Waals surface area contributed by atoms with Gasteiger partial charge in [0.1, 0.15) is 0 Å². The van der Waals surface area contributed by atoms with E-state index in [1.165, 1.54) is 9.87 Å². The van der Waals surface area contributed by atoms with E-state index in [-0.39, 0.29) is 23.3 Å². The van der Waals surface area contributed by atoms with E-state index < -0.39 is 10.0 Å². The van der Waals surface area contributed by atoms with E-state index in [9.17, 15) is 13.2 Å². The van der Waals surface area contributed by atoms with Gasteiger partial charge in [0.05, 0.1) is 10.8 Å². The number of hydrogen-bond donors (Lipinski definition) is 1.